The maximum Gasteiger partial charge on any atom is 0.314 e. The zero-order valence-electron chi connectivity index (χ0n) is 12.8. The molecule has 114 valence electrons. The van der Waals surface area contributed by atoms with Crippen molar-refractivity contribution in [2.45, 2.75) is 44.9 Å². The maximum absolute atomic E-state index is 12.3. The summed E-state index contributed by atoms with van der Waals surface area (Å²) < 4.78 is 5.71. The third kappa shape index (κ3) is 2.33. The number of para-hydroxylation sites is 1. The molecule has 1 N–H and O–H groups in total. The SMILES string of the molecule is CC1CC(C)CC(C2(C(=O)O)CCOc3ccccc32)C1. The van der Waals surface area contributed by atoms with E-state index in [0.717, 1.165) is 24.2 Å². The molecule has 1 heterocycles. The lowest BCUT2D eigenvalue weighted by Gasteiger charge is -2.45. The molecule has 1 aromatic rings. The van der Waals surface area contributed by atoms with Crippen molar-refractivity contribution in [3.63, 3.8) is 0 Å². The van der Waals surface area contributed by atoms with Gasteiger partial charge in [0.25, 0.3) is 0 Å². The smallest absolute Gasteiger partial charge is 0.314 e. The summed E-state index contributed by atoms with van der Waals surface area (Å²) in [7, 11) is 0. The Balaban J connectivity index is 2.07. The van der Waals surface area contributed by atoms with E-state index in [1.165, 1.54) is 6.42 Å². The van der Waals surface area contributed by atoms with Gasteiger partial charge >= 0.3 is 5.97 Å². The van der Waals surface area contributed by atoms with Gasteiger partial charge < -0.3 is 9.84 Å². The molecule has 3 unspecified atom stereocenters. The van der Waals surface area contributed by atoms with E-state index in [1.807, 2.05) is 24.3 Å². The number of hydrogen-bond acceptors (Lipinski definition) is 2. The molecule has 3 heteroatoms. The number of fused-ring (bicyclic) bond motifs is 1. The van der Waals surface area contributed by atoms with E-state index in [2.05, 4.69) is 13.8 Å². The summed E-state index contributed by atoms with van der Waals surface area (Å²) in [5, 5.41) is 10.1. The van der Waals surface area contributed by atoms with E-state index in [-0.39, 0.29) is 5.92 Å². The molecule has 3 atom stereocenters. The molecule has 1 aromatic carbocycles. The molecule has 3 nitrogen and oxygen atoms in total. The Kier molecular flexibility index (Phi) is 3.68. The van der Waals surface area contributed by atoms with Crippen molar-refractivity contribution in [1.29, 1.82) is 0 Å². The molecule has 2 aliphatic rings. The molecule has 0 spiro atoms. The lowest BCUT2D eigenvalue weighted by atomic mass is 9.59. The van der Waals surface area contributed by atoms with E-state index < -0.39 is 11.4 Å². The van der Waals surface area contributed by atoms with Crippen LogP contribution in [0.1, 0.15) is 45.1 Å². The molecular formula is C18H24O3. The Morgan fingerprint density at radius 1 is 1.19 bits per heavy atom. The second kappa shape index (κ2) is 5.36. The van der Waals surface area contributed by atoms with Gasteiger partial charge in [0.2, 0.25) is 0 Å². The first-order valence-corrected chi connectivity index (χ1v) is 7.99. The fraction of sp³-hybridized carbons (Fsp3) is 0.611. The van der Waals surface area contributed by atoms with E-state index in [4.69, 9.17) is 4.74 Å². The Morgan fingerprint density at radius 3 is 2.52 bits per heavy atom. The van der Waals surface area contributed by atoms with Crippen molar-refractivity contribution < 1.29 is 14.6 Å². The van der Waals surface area contributed by atoms with Crippen LogP contribution in [-0.2, 0) is 10.2 Å². The largest absolute Gasteiger partial charge is 0.493 e. The van der Waals surface area contributed by atoms with Crippen molar-refractivity contribution in [3.05, 3.63) is 29.8 Å². The van der Waals surface area contributed by atoms with Gasteiger partial charge in [-0.3, -0.25) is 4.79 Å². The van der Waals surface area contributed by atoms with Crippen LogP contribution < -0.4 is 4.74 Å². The average molecular weight is 288 g/mol. The van der Waals surface area contributed by atoms with Gasteiger partial charge in [0.1, 0.15) is 11.2 Å². The third-order valence-electron chi connectivity index (χ3n) is 5.38. The molecule has 1 aliphatic carbocycles. The lowest BCUT2D eigenvalue weighted by molar-refractivity contribution is -0.149. The van der Waals surface area contributed by atoms with Crippen LogP contribution in [-0.4, -0.2) is 17.7 Å². The molecular weight excluding hydrogens is 264 g/mol. The Morgan fingerprint density at radius 2 is 1.86 bits per heavy atom. The van der Waals surface area contributed by atoms with Gasteiger partial charge in [-0.05, 0) is 43.1 Å². The molecule has 0 saturated heterocycles. The van der Waals surface area contributed by atoms with Crippen molar-refractivity contribution in [2.24, 2.45) is 17.8 Å². The first-order chi connectivity index (χ1) is 10.0. The summed E-state index contributed by atoms with van der Waals surface area (Å²) in [5.74, 6) is 1.50. The summed E-state index contributed by atoms with van der Waals surface area (Å²) in [6.07, 6.45) is 3.81. The molecule has 0 radical (unpaired) electrons. The minimum Gasteiger partial charge on any atom is -0.493 e. The Hall–Kier alpha value is -1.51. The number of carboxylic acid groups (broad SMARTS) is 1. The van der Waals surface area contributed by atoms with Gasteiger partial charge in [-0.2, -0.15) is 0 Å². The average Bonchev–Trinajstić information content (AvgIpc) is 2.45. The summed E-state index contributed by atoms with van der Waals surface area (Å²) >= 11 is 0. The third-order valence-corrected chi connectivity index (χ3v) is 5.38. The van der Waals surface area contributed by atoms with Crippen LogP contribution in [0, 0.1) is 17.8 Å². The fourth-order valence-corrected chi connectivity index (χ4v) is 4.59. The second-order valence-electron chi connectivity index (χ2n) is 6.99. The first kappa shape index (κ1) is 14.4. The van der Waals surface area contributed by atoms with E-state index in [9.17, 15) is 9.90 Å². The van der Waals surface area contributed by atoms with Gasteiger partial charge in [0.05, 0.1) is 6.61 Å². The zero-order valence-corrected chi connectivity index (χ0v) is 12.8. The van der Waals surface area contributed by atoms with E-state index in [0.29, 0.717) is 24.9 Å². The molecule has 0 aromatic heterocycles. The second-order valence-corrected chi connectivity index (χ2v) is 6.99. The van der Waals surface area contributed by atoms with Gasteiger partial charge in [-0.1, -0.05) is 32.0 Å². The Bertz CT molecular complexity index is 529. The Labute approximate surface area is 126 Å². The molecule has 1 fully saturated rings. The highest BCUT2D eigenvalue weighted by Crippen LogP contribution is 2.50. The zero-order chi connectivity index (χ0) is 15.0. The van der Waals surface area contributed by atoms with Crippen molar-refractivity contribution >= 4 is 5.97 Å². The molecule has 3 rings (SSSR count). The minimum atomic E-state index is -0.766. The number of carbonyl (C=O) groups is 1. The predicted octanol–water partition coefficient (Wildman–Crippen LogP) is 3.86. The van der Waals surface area contributed by atoms with E-state index in [1.54, 1.807) is 0 Å². The summed E-state index contributed by atoms with van der Waals surface area (Å²) in [6, 6.07) is 7.71. The van der Waals surface area contributed by atoms with Crippen molar-refractivity contribution in [2.75, 3.05) is 6.61 Å². The van der Waals surface area contributed by atoms with Crippen LogP contribution in [0.3, 0.4) is 0 Å². The predicted molar refractivity (Wildman–Crippen MR) is 81.5 cm³/mol. The first-order valence-electron chi connectivity index (χ1n) is 7.99. The minimum absolute atomic E-state index is 0.207. The monoisotopic (exact) mass is 288 g/mol. The molecule has 1 saturated carbocycles. The molecule has 0 amide bonds. The summed E-state index contributed by atoms with van der Waals surface area (Å²) in [4.78, 5) is 12.3. The highest BCUT2D eigenvalue weighted by Gasteiger charge is 2.51. The van der Waals surface area contributed by atoms with Crippen molar-refractivity contribution in [3.8, 4) is 5.75 Å². The standard InChI is InChI=1S/C18H24O3/c1-12-9-13(2)11-14(10-12)18(17(19)20)7-8-21-16-6-4-3-5-15(16)18/h3-6,12-14H,7-11H2,1-2H3,(H,19,20). The highest BCUT2D eigenvalue weighted by atomic mass is 16.5. The molecule has 21 heavy (non-hydrogen) atoms. The number of aliphatic carboxylic acids is 1. The number of carboxylic acids is 1. The topological polar surface area (TPSA) is 46.5 Å². The molecule has 0 bridgehead atoms. The van der Waals surface area contributed by atoms with Crippen LogP contribution >= 0.6 is 0 Å². The fourth-order valence-electron chi connectivity index (χ4n) is 4.59. The normalized spacial score (nSPS) is 35.6. The van der Waals surface area contributed by atoms with Crippen LogP contribution in [0.2, 0.25) is 0 Å². The van der Waals surface area contributed by atoms with Crippen molar-refractivity contribution in [1.82, 2.24) is 0 Å². The highest BCUT2D eigenvalue weighted by molar-refractivity contribution is 5.83. The number of ether oxygens (including phenoxy) is 1. The van der Waals surface area contributed by atoms with Crippen LogP contribution in [0.4, 0.5) is 0 Å². The van der Waals surface area contributed by atoms with Gasteiger partial charge in [-0.25, -0.2) is 0 Å². The van der Waals surface area contributed by atoms with Gasteiger partial charge in [0.15, 0.2) is 0 Å². The van der Waals surface area contributed by atoms with Gasteiger partial charge in [-0.15, -0.1) is 0 Å². The summed E-state index contributed by atoms with van der Waals surface area (Å²) in [6.45, 7) is 5.01. The quantitative estimate of drug-likeness (QED) is 0.898. The van der Waals surface area contributed by atoms with Crippen LogP contribution in [0.15, 0.2) is 24.3 Å². The molecule has 1 aliphatic heterocycles. The van der Waals surface area contributed by atoms with Crippen LogP contribution in [0.5, 0.6) is 5.75 Å². The summed E-state index contributed by atoms with van der Waals surface area (Å²) in [5.41, 5.74) is 0.118. The van der Waals surface area contributed by atoms with Crippen LogP contribution in [0.25, 0.3) is 0 Å². The number of hydrogen-bond donors (Lipinski definition) is 1. The lowest BCUT2D eigenvalue weighted by Crippen LogP contribution is -2.48. The maximum atomic E-state index is 12.3. The number of rotatable bonds is 2. The number of benzene rings is 1. The van der Waals surface area contributed by atoms with E-state index >= 15 is 0 Å². The van der Waals surface area contributed by atoms with Gasteiger partial charge in [0, 0.05) is 12.0 Å².